The summed E-state index contributed by atoms with van der Waals surface area (Å²) in [6.45, 7) is 2.63. The first kappa shape index (κ1) is 17.3. The Hall–Kier alpha value is -2.48. The summed E-state index contributed by atoms with van der Waals surface area (Å²) < 4.78 is 8.44. The first-order valence-electron chi connectivity index (χ1n) is 8.00. The van der Waals surface area contributed by atoms with E-state index in [0.717, 1.165) is 28.6 Å². The van der Waals surface area contributed by atoms with Crippen molar-refractivity contribution in [1.29, 1.82) is 0 Å². The number of aryl methyl sites for hydroxylation is 3. The predicted octanol–water partition coefficient (Wildman–Crippen LogP) is 1.79. The fourth-order valence-electron chi connectivity index (χ4n) is 2.69. The lowest BCUT2D eigenvalue weighted by Gasteiger charge is -2.08. The molecule has 7 nitrogen and oxygen atoms in total. The zero-order chi connectivity index (χ0) is 18.0. The van der Waals surface area contributed by atoms with Gasteiger partial charge < -0.3 is 9.30 Å². The van der Waals surface area contributed by atoms with E-state index in [0.29, 0.717) is 17.7 Å². The second-order valence-corrected chi connectivity index (χ2v) is 6.80. The van der Waals surface area contributed by atoms with Gasteiger partial charge in [0.05, 0.1) is 7.11 Å². The van der Waals surface area contributed by atoms with Crippen molar-refractivity contribution in [2.45, 2.75) is 25.0 Å². The molecule has 0 spiro atoms. The molecule has 1 N–H and O–H groups in total. The number of aromatic amines is 1. The third-order valence-electron chi connectivity index (χ3n) is 4.03. The number of nitrogens with one attached hydrogen (secondary N) is 1. The maximum atomic E-state index is 12.3. The monoisotopic (exact) mass is 360 g/mol. The highest BCUT2D eigenvalue weighted by Gasteiger charge is 2.17. The standard InChI is InChI=1S/C17H20N4O3S/c1-4-25-17-18-14-13(15(22)19-16(23)20(14)2)21(17)10-9-11-5-7-12(24-3)8-6-11/h5-8H,4,9-10H2,1-3H3,(H,19,22,23). The molecule has 0 amide bonds. The normalized spacial score (nSPS) is 11.2. The van der Waals surface area contributed by atoms with Crippen molar-refractivity contribution in [2.24, 2.45) is 7.05 Å². The van der Waals surface area contributed by atoms with E-state index in [1.807, 2.05) is 35.8 Å². The van der Waals surface area contributed by atoms with Gasteiger partial charge in [0, 0.05) is 13.6 Å². The molecule has 0 atom stereocenters. The maximum Gasteiger partial charge on any atom is 0.329 e. The van der Waals surface area contributed by atoms with Crippen molar-refractivity contribution in [3.63, 3.8) is 0 Å². The number of aromatic nitrogens is 4. The maximum absolute atomic E-state index is 12.3. The number of imidazole rings is 1. The van der Waals surface area contributed by atoms with Gasteiger partial charge in [-0.1, -0.05) is 30.8 Å². The van der Waals surface area contributed by atoms with Crippen LogP contribution in [-0.2, 0) is 20.0 Å². The highest BCUT2D eigenvalue weighted by molar-refractivity contribution is 7.99. The fraction of sp³-hybridized carbons (Fsp3) is 0.353. The minimum atomic E-state index is -0.453. The van der Waals surface area contributed by atoms with Gasteiger partial charge in [-0.15, -0.1) is 0 Å². The minimum absolute atomic E-state index is 0.400. The molecule has 0 bridgehead atoms. The van der Waals surface area contributed by atoms with Crippen LogP contribution in [0.4, 0.5) is 0 Å². The van der Waals surface area contributed by atoms with Crippen LogP contribution < -0.4 is 16.0 Å². The number of hydrogen-bond donors (Lipinski definition) is 1. The topological polar surface area (TPSA) is 81.9 Å². The van der Waals surface area contributed by atoms with E-state index >= 15 is 0 Å². The highest BCUT2D eigenvalue weighted by Crippen LogP contribution is 2.22. The van der Waals surface area contributed by atoms with E-state index in [4.69, 9.17) is 4.74 Å². The summed E-state index contributed by atoms with van der Waals surface area (Å²) in [7, 11) is 3.25. The molecule has 3 rings (SSSR count). The molecule has 3 aromatic rings. The van der Waals surface area contributed by atoms with E-state index in [1.54, 1.807) is 25.9 Å². The summed E-state index contributed by atoms with van der Waals surface area (Å²) in [6.07, 6.45) is 0.745. The third-order valence-corrected chi connectivity index (χ3v) is 4.89. The predicted molar refractivity (Wildman–Crippen MR) is 98.7 cm³/mol. The summed E-state index contributed by atoms with van der Waals surface area (Å²) in [5.74, 6) is 1.64. The van der Waals surface area contributed by atoms with Gasteiger partial charge in [0.15, 0.2) is 16.3 Å². The molecule has 2 heterocycles. The number of ether oxygens (including phenoxy) is 1. The number of methoxy groups -OCH3 is 1. The molecule has 0 aliphatic rings. The number of hydrogen-bond acceptors (Lipinski definition) is 5. The zero-order valence-electron chi connectivity index (χ0n) is 14.4. The average Bonchev–Trinajstić information content (AvgIpc) is 2.98. The van der Waals surface area contributed by atoms with Gasteiger partial charge in [-0.3, -0.25) is 14.3 Å². The third kappa shape index (κ3) is 3.34. The molecule has 2 aromatic heterocycles. The zero-order valence-corrected chi connectivity index (χ0v) is 15.2. The van der Waals surface area contributed by atoms with Crippen LogP contribution in [0.5, 0.6) is 5.75 Å². The molecule has 0 aliphatic carbocycles. The summed E-state index contributed by atoms with van der Waals surface area (Å²) in [5.41, 5.74) is 1.14. The molecule has 8 heteroatoms. The summed E-state index contributed by atoms with van der Waals surface area (Å²) in [4.78, 5) is 31.0. The molecule has 0 saturated heterocycles. The van der Waals surface area contributed by atoms with Gasteiger partial charge in [-0.05, 0) is 29.9 Å². The molecular formula is C17H20N4O3S. The Morgan fingerprint density at radius 3 is 2.60 bits per heavy atom. The van der Waals surface area contributed by atoms with Crippen LogP contribution in [-0.4, -0.2) is 32.0 Å². The van der Waals surface area contributed by atoms with Crippen molar-refractivity contribution in [1.82, 2.24) is 19.1 Å². The molecule has 0 unspecified atom stereocenters. The Balaban J connectivity index is 2.01. The number of rotatable bonds is 6. The van der Waals surface area contributed by atoms with Crippen molar-refractivity contribution < 1.29 is 4.74 Å². The number of thioether (sulfide) groups is 1. The van der Waals surface area contributed by atoms with Gasteiger partial charge >= 0.3 is 5.69 Å². The highest BCUT2D eigenvalue weighted by atomic mass is 32.2. The van der Waals surface area contributed by atoms with E-state index < -0.39 is 11.2 Å². The lowest BCUT2D eigenvalue weighted by Crippen LogP contribution is -2.29. The lowest BCUT2D eigenvalue weighted by atomic mass is 10.1. The van der Waals surface area contributed by atoms with Crippen LogP contribution in [0.2, 0.25) is 0 Å². The van der Waals surface area contributed by atoms with E-state index in [2.05, 4.69) is 9.97 Å². The number of nitrogens with zero attached hydrogens (tertiary/aromatic N) is 3. The van der Waals surface area contributed by atoms with Crippen LogP contribution in [0.1, 0.15) is 12.5 Å². The number of H-pyrrole nitrogens is 1. The molecule has 0 aliphatic heterocycles. The van der Waals surface area contributed by atoms with Gasteiger partial charge in [-0.25, -0.2) is 9.78 Å². The van der Waals surface area contributed by atoms with E-state index in [9.17, 15) is 9.59 Å². The molecule has 1 aromatic carbocycles. The molecular weight excluding hydrogens is 340 g/mol. The Labute approximate surface area is 148 Å². The second kappa shape index (κ2) is 7.18. The number of benzene rings is 1. The van der Waals surface area contributed by atoms with Gasteiger partial charge in [-0.2, -0.15) is 0 Å². The van der Waals surface area contributed by atoms with Crippen molar-refractivity contribution in [2.75, 3.05) is 12.9 Å². The molecule has 25 heavy (non-hydrogen) atoms. The summed E-state index contributed by atoms with van der Waals surface area (Å²) in [5, 5.41) is 0.748. The Kier molecular flexibility index (Phi) is 4.98. The Bertz CT molecular complexity index is 1000. The average molecular weight is 360 g/mol. The summed E-state index contributed by atoms with van der Waals surface area (Å²) in [6, 6.07) is 7.84. The Morgan fingerprint density at radius 1 is 1.24 bits per heavy atom. The van der Waals surface area contributed by atoms with Crippen LogP contribution in [0, 0.1) is 0 Å². The molecule has 0 saturated carbocycles. The first-order chi connectivity index (χ1) is 12.0. The van der Waals surface area contributed by atoms with E-state index in [1.165, 1.54) is 4.57 Å². The SMILES string of the molecule is CCSc1nc2c(c(=O)[nH]c(=O)n2C)n1CCc1ccc(OC)cc1. The van der Waals surface area contributed by atoms with Crippen LogP contribution in [0.15, 0.2) is 39.0 Å². The van der Waals surface area contributed by atoms with Gasteiger partial charge in [0.2, 0.25) is 0 Å². The minimum Gasteiger partial charge on any atom is -0.497 e. The molecule has 0 fully saturated rings. The Morgan fingerprint density at radius 2 is 1.96 bits per heavy atom. The van der Waals surface area contributed by atoms with Crippen LogP contribution in [0.3, 0.4) is 0 Å². The fourth-order valence-corrected chi connectivity index (χ4v) is 3.44. The largest absolute Gasteiger partial charge is 0.497 e. The molecule has 132 valence electrons. The smallest absolute Gasteiger partial charge is 0.329 e. The second-order valence-electron chi connectivity index (χ2n) is 5.57. The van der Waals surface area contributed by atoms with Gasteiger partial charge in [0.25, 0.3) is 5.56 Å². The van der Waals surface area contributed by atoms with Crippen LogP contribution in [0.25, 0.3) is 11.2 Å². The van der Waals surface area contributed by atoms with E-state index in [-0.39, 0.29) is 0 Å². The first-order valence-corrected chi connectivity index (χ1v) is 8.99. The van der Waals surface area contributed by atoms with Crippen molar-refractivity contribution >= 4 is 22.9 Å². The van der Waals surface area contributed by atoms with Crippen LogP contribution >= 0.6 is 11.8 Å². The number of fused-ring (bicyclic) bond motifs is 1. The van der Waals surface area contributed by atoms with Crippen molar-refractivity contribution in [3.05, 3.63) is 50.7 Å². The van der Waals surface area contributed by atoms with Crippen molar-refractivity contribution in [3.8, 4) is 5.75 Å². The quantitative estimate of drug-likeness (QED) is 0.678. The molecule has 0 radical (unpaired) electrons. The van der Waals surface area contributed by atoms with Gasteiger partial charge in [0.1, 0.15) is 5.75 Å². The summed E-state index contributed by atoms with van der Waals surface area (Å²) >= 11 is 1.56. The lowest BCUT2D eigenvalue weighted by molar-refractivity contribution is 0.414.